The predicted octanol–water partition coefficient (Wildman–Crippen LogP) is 3.35. The van der Waals surface area contributed by atoms with Crippen LogP contribution in [0.4, 0.5) is 18.9 Å². The van der Waals surface area contributed by atoms with Crippen molar-refractivity contribution in [2.75, 3.05) is 38.1 Å². The molecule has 2 aromatic rings. The molecule has 154 valence electrons. The Balaban J connectivity index is 1.83. The lowest BCUT2D eigenvalue weighted by atomic mass is 10.1. The van der Waals surface area contributed by atoms with Crippen molar-refractivity contribution < 1.29 is 13.2 Å². The van der Waals surface area contributed by atoms with Gasteiger partial charge in [0.2, 0.25) is 0 Å². The Labute approximate surface area is 164 Å². The molecule has 0 aliphatic carbocycles. The van der Waals surface area contributed by atoms with Gasteiger partial charge in [-0.1, -0.05) is 0 Å². The maximum Gasteiger partial charge on any atom is 0.416 e. The minimum Gasteiger partial charge on any atom is -0.369 e. The molecule has 1 fully saturated rings. The number of halogens is 3. The highest BCUT2D eigenvalue weighted by Gasteiger charge is 2.31. The number of nitrogens with zero attached hydrogens (tertiary/aromatic N) is 4. The van der Waals surface area contributed by atoms with E-state index in [1.54, 1.807) is 10.7 Å². The Kier molecular flexibility index (Phi) is 6.00. The van der Waals surface area contributed by atoms with Gasteiger partial charge in [0.05, 0.1) is 17.0 Å². The summed E-state index contributed by atoms with van der Waals surface area (Å²) in [6.45, 7) is 7.71. The number of aryl methyl sites for hydroxylation is 2. The number of rotatable bonds is 5. The van der Waals surface area contributed by atoms with Gasteiger partial charge in [-0.15, -0.1) is 0 Å². The first-order chi connectivity index (χ1) is 13.1. The van der Waals surface area contributed by atoms with Gasteiger partial charge < -0.3 is 15.1 Å². The van der Waals surface area contributed by atoms with Crippen LogP contribution in [0, 0.1) is 6.92 Å². The fraction of sp³-hybridized carbons (Fsp3) is 0.550. The molecule has 1 aromatic heterocycles. The molecule has 0 bridgehead atoms. The molecule has 1 aliphatic heterocycles. The molecule has 0 amide bonds. The number of aromatic nitrogens is 2. The first-order valence-corrected chi connectivity index (χ1v) is 9.52. The third kappa shape index (κ3) is 4.67. The molecular formula is C20H28F3N5. The minimum absolute atomic E-state index is 0.0268. The molecule has 3 rings (SSSR count). The lowest BCUT2D eigenvalue weighted by Crippen LogP contribution is -2.45. The van der Waals surface area contributed by atoms with Crippen molar-refractivity contribution in [3.8, 4) is 0 Å². The van der Waals surface area contributed by atoms with Gasteiger partial charge in [0.25, 0.3) is 0 Å². The molecular weight excluding hydrogens is 367 g/mol. The molecule has 0 spiro atoms. The molecule has 1 unspecified atom stereocenters. The van der Waals surface area contributed by atoms with Crippen LogP contribution >= 0.6 is 0 Å². The Morgan fingerprint density at radius 3 is 2.36 bits per heavy atom. The maximum atomic E-state index is 13.3. The number of anilines is 1. The van der Waals surface area contributed by atoms with Crippen molar-refractivity contribution in [2.24, 2.45) is 7.05 Å². The van der Waals surface area contributed by atoms with Crippen LogP contribution in [0.2, 0.25) is 0 Å². The van der Waals surface area contributed by atoms with Crippen LogP contribution in [-0.4, -0.2) is 47.9 Å². The van der Waals surface area contributed by atoms with E-state index in [-0.39, 0.29) is 6.04 Å². The highest BCUT2D eigenvalue weighted by molar-refractivity contribution is 5.56. The van der Waals surface area contributed by atoms with Gasteiger partial charge in [-0.25, -0.2) is 0 Å². The second-order valence-electron chi connectivity index (χ2n) is 7.57. The van der Waals surface area contributed by atoms with Gasteiger partial charge in [-0.2, -0.15) is 18.3 Å². The summed E-state index contributed by atoms with van der Waals surface area (Å²) in [5.41, 5.74) is 2.87. The summed E-state index contributed by atoms with van der Waals surface area (Å²) in [7, 11) is 3.94. The van der Waals surface area contributed by atoms with E-state index in [1.165, 1.54) is 12.1 Å². The van der Waals surface area contributed by atoms with Gasteiger partial charge in [-0.3, -0.25) is 4.68 Å². The van der Waals surface area contributed by atoms with Crippen LogP contribution in [0.1, 0.15) is 35.5 Å². The summed E-state index contributed by atoms with van der Waals surface area (Å²) in [5, 5.41) is 7.72. The molecule has 28 heavy (non-hydrogen) atoms. The monoisotopic (exact) mass is 395 g/mol. The zero-order valence-corrected chi connectivity index (χ0v) is 16.8. The second-order valence-corrected chi connectivity index (χ2v) is 7.57. The Hall–Kier alpha value is -2.06. The van der Waals surface area contributed by atoms with E-state index in [0.717, 1.165) is 43.3 Å². The van der Waals surface area contributed by atoms with Gasteiger partial charge in [-0.05, 0) is 50.7 Å². The fourth-order valence-electron chi connectivity index (χ4n) is 3.66. The van der Waals surface area contributed by atoms with E-state index >= 15 is 0 Å². The Bertz CT molecular complexity index is 807. The van der Waals surface area contributed by atoms with E-state index in [0.29, 0.717) is 12.1 Å². The average molecular weight is 395 g/mol. The van der Waals surface area contributed by atoms with Crippen molar-refractivity contribution in [3.05, 3.63) is 46.8 Å². The fourth-order valence-corrected chi connectivity index (χ4v) is 3.66. The summed E-state index contributed by atoms with van der Waals surface area (Å²) in [4.78, 5) is 4.40. The van der Waals surface area contributed by atoms with Gasteiger partial charge in [0.1, 0.15) is 0 Å². The third-order valence-electron chi connectivity index (χ3n) is 5.33. The maximum absolute atomic E-state index is 13.3. The number of alkyl halides is 3. The molecule has 1 aromatic carbocycles. The first kappa shape index (κ1) is 20.7. The van der Waals surface area contributed by atoms with Gasteiger partial charge >= 0.3 is 6.18 Å². The van der Waals surface area contributed by atoms with Crippen molar-refractivity contribution in [2.45, 2.75) is 32.6 Å². The van der Waals surface area contributed by atoms with Crippen molar-refractivity contribution in [1.29, 1.82) is 0 Å². The number of likely N-dealkylation sites (N-methyl/N-ethyl adjacent to an activating group) is 1. The topological polar surface area (TPSA) is 36.3 Å². The van der Waals surface area contributed by atoms with E-state index < -0.39 is 11.7 Å². The smallest absolute Gasteiger partial charge is 0.369 e. The summed E-state index contributed by atoms with van der Waals surface area (Å²) in [6, 6.07) is 6.04. The standard InChI is InChI=1S/C20H28F3N5/c1-14-11-19(27(4)25-14)15(2)24-13-16-12-17(20(21,22)23)5-6-18(16)28-9-7-26(3)8-10-28/h5-6,11-12,15,24H,7-10,13H2,1-4H3. The number of benzene rings is 1. The summed E-state index contributed by atoms with van der Waals surface area (Å²) < 4.78 is 41.6. The zero-order valence-electron chi connectivity index (χ0n) is 16.8. The van der Waals surface area contributed by atoms with Crippen LogP contribution in [0.15, 0.2) is 24.3 Å². The average Bonchev–Trinajstić information content (AvgIpc) is 2.98. The predicted molar refractivity (Wildman–Crippen MR) is 104 cm³/mol. The van der Waals surface area contributed by atoms with E-state index in [1.807, 2.05) is 27.0 Å². The summed E-state index contributed by atoms with van der Waals surface area (Å²) in [6.07, 6.45) is -4.35. The van der Waals surface area contributed by atoms with Crippen molar-refractivity contribution in [3.63, 3.8) is 0 Å². The highest BCUT2D eigenvalue weighted by atomic mass is 19.4. The first-order valence-electron chi connectivity index (χ1n) is 9.52. The minimum atomic E-state index is -4.35. The molecule has 8 heteroatoms. The van der Waals surface area contributed by atoms with Crippen LogP contribution in [-0.2, 0) is 19.8 Å². The number of piperazine rings is 1. The molecule has 0 saturated carbocycles. The molecule has 0 radical (unpaired) electrons. The number of nitrogens with one attached hydrogen (secondary N) is 1. The summed E-state index contributed by atoms with van der Waals surface area (Å²) >= 11 is 0. The number of hydrogen-bond donors (Lipinski definition) is 1. The lowest BCUT2D eigenvalue weighted by molar-refractivity contribution is -0.137. The van der Waals surface area contributed by atoms with Crippen LogP contribution in [0.5, 0.6) is 0 Å². The van der Waals surface area contributed by atoms with E-state index in [2.05, 4.69) is 27.3 Å². The Morgan fingerprint density at radius 2 is 1.79 bits per heavy atom. The lowest BCUT2D eigenvalue weighted by Gasteiger charge is -2.35. The van der Waals surface area contributed by atoms with Gasteiger partial charge in [0.15, 0.2) is 0 Å². The second kappa shape index (κ2) is 8.13. The number of hydrogen-bond acceptors (Lipinski definition) is 4. The molecule has 1 saturated heterocycles. The zero-order chi connectivity index (χ0) is 20.5. The molecule has 5 nitrogen and oxygen atoms in total. The largest absolute Gasteiger partial charge is 0.416 e. The molecule has 1 aliphatic rings. The SMILES string of the molecule is Cc1cc(C(C)NCc2cc(C(F)(F)F)ccc2N2CCN(C)CC2)n(C)n1. The quantitative estimate of drug-likeness (QED) is 0.842. The van der Waals surface area contributed by atoms with Crippen LogP contribution in [0.3, 0.4) is 0 Å². The van der Waals surface area contributed by atoms with E-state index in [4.69, 9.17) is 0 Å². The van der Waals surface area contributed by atoms with Gasteiger partial charge in [0, 0.05) is 51.5 Å². The molecule has 1 atom stereocenters. The van der Waals surface area contributed by atoms with E-state index in [9.17, 15) is 13.2 Å². The van der Waals surface area contributed by atoms with Crippen LogP contribution in [0.25, 0.3) is 0 Å². The normalized spacial score (nSPS) is 17.2. The molecule has 1 N–H and O–H groups in total. The highest BCUT2D eigenvalue weighted by Crippen LogP contribution is 2.33. The van der Waals surface area contributed by atoms with Crippen molar-refractivity contribution >= 4 is 5.69 Å². The summed E-state index contributed by atoms with van der Waals surface area (Å²) in [5.74, 6) is 0. The Morgan fingerprint density at radius 1 is 1.11 bits per heavy atom. The molecule has 2 heterocycles. The third-order valence-corrected chi connectivity index (χ3v) is 5.33. The van der Waals surface area contributed by atoms with Crippen LogP contribution < -0.4 is 10.2 Å². The van der Waals surface area contributed by atoms with Crippen molar-refractivity contribution in [1.82, 2.24) is 20.0 Å².